The molecule has 2 rings (SSSR count). The summed E-state index contributed by atoms with van der Waals surface area (Å²) in [5.74, 6) is -0.594. The van der Waals surface area contributed by atoms with Crippen LogP contribution in [0.2, 0.25) is 0 Å². The van der Waals surface area contributed by atoms with E-state index < -0.39 is 17.6 Å². The number of nitrogens with two attached hydrogens (primary N) is 1. The van der Waals surface area contributed by atoms with Gasteiger partial charge in [0.25, 0.3) is 0 Å². The lowest BCUT2D eigenvalue weighted by molar-refractivity contribution is -0.137. The van der Waals surface area contributed by atoms with Crippen molar-refractivity contribution in [1.29, 1.82) is 0 Å². The first-order valence-corrected chi connectivity index (χ1v) is 5.10. The Morgan fingerprint density at radius 3 is 2.28 bits per heavy atom. The first-order chi connectivity index (χ1) is 8.38. The molecule has 0 aliphatic rings. The zero-order chi connectivity index (χ0) is 13.3. The zero-order valence-corrected chi connectivity index (χ0v) is 9.13. The van der Waals surface area contributed by atoms with Crippen LogP contribution in [0.3, 0.4) is 0 Å². The molecule has 94 valence electrons. The zero-order valence-electron chi connectivity index (χ0n) is 9.13. The van der Waals surface area contributed by atoms with Gasteiger partial charge in [-0.25, -0.2) is 4.39 Å². The van der Waals surface area contributed by atoms with Crippen molar-refractivity contribution >= 4 is 5.69 Å². The van der Waals surface area contributed by atoms with Crippen LogP contribution in [-0.4, -0.2) is 0 Å². The number of rotatable bonds is 1. The Morgan fingerprint density at radius 2 is 1.67 bits per heavy atom. The van der Waals surface area contributed by atoms with Crippen molar-refractivity contribution in [3.8, 4) is 11.1 Å². The van der Waals surface area contributed by atoms with Crippen molar-refractivity contribution in [2.75, 3.05) is 5.73 Å². The van der Waals surface area contributed by atoms with Crippen LogP contribution in [0.15, 0.2) is 42.5 Å². The lowest BCUT2D eigenvalue weighted by Gasteiger charge is -2.13. The molecule has 2 aromatic carbocycles. The minimum Gasteiger partial charge on any atom is -0.399 e. The third kappa shape index (κ3) is 2.45. The molecule has 5 heteroatoms. The molecule has 0 aliphatic heterocycles. The highest BCUT2D eigenvalue weighted by atomic mass is 19.4. The number of anilines is 1. The predicted octanol–water partition coefficient (Wildman–Crippen LogP) is 4.09. The monoisotopic (exact) mass is 255 g/mol. The van der Waals surface area contributed by atoms with Gasteiger partial charge in [-0.3, -0.25) is 0 Å². The minimum atomic E-state index is -4.50. The molecular formula is C13H9F4N. The van der Waals surface area contributed by atoms with Crippen LogP contribution in [0, 0.1) is 5.82 Å². The maximum Gasteiger partial charge on any atom is 0.417 e. The summed E-state index contributed by atoms with van der Waals surface area (Å²) in [7, 11) is 0. The van der Waals surface area contributed by atoms with E-state index >= 15 is 0 Å². The molecule has 0 aliphatic carbocycles. The van der Waals surface area contributed by atoms with Gasteiger partial charge in [0.2, 0.25) is 0 Å². The van der Waals surface area contributed by atoms with Gasteiger partial charge in [0.1, 0.15) is 5.82 Å². The fourth-order valence-electron chi connectivity index (χ4n) is 1.70. The lowest BCUT2D eigenvalue weighted by Crippen LogP contribution is -2.07. The van der Waals surface area contributed by atoms with E-state index in [1.54, 1.807) is 0 Å². The molecule has 18 heavy (non-hydrogen) atoms. The molecule has 0 unspecified atom stereocenters. The molecule has 1 nitrogen and oxygen atoms in total. The van der Waals surface area contributed by atoms with E-state index in [-0.39, 0.29) is 16.8 Å². The van der Waals surface area contributed by atoms with E-state index in [2.05, 4.69) is 0 Å². The van der Waals surface area contributed by atoms with Crippen molar-refractivity contribution in [1.82, 2.24) is 0 Å². The summed E-state index contributed by atoms with van der Waals surface area (Å²) < 4.78 is 51.6. The first-order valence-electron chi connectivity index (χ1n) is 5.10. The first kappa shape index (κ1) is 12.4. The fourth-order valence-corrected chi connectivity index (χ4v) is 1.70. The molecule has 0 bridgehead atoms. The Morgan fingerprint density at radius 1 is 0.944 bits per heavy atom. The molecule has 0 saturated carbocycles. The van der Waals surface area contributed by atoms with Gasteiger partial charge in [-0.1, -0.05) is 12.1 Å². The highest BCUT2D eigenvalue weighted by Crippen LogP contribution is 2.38. The third-order valence-corrected chi connectivity index (χ3v) is 2.48. The van der Waals surface area contributed by atoms with E-state index in [1.165, 1.54) is 30.3 Å². The fraction of sp³-hybridized carbons (Fsp3) is 0.0769. The summed E-state index contributed by atoms with van der Waals surface area (Å²) in [5.41, 5.74) is 4.88. The smallest absolute Gasteiger partial charge is 0.399 e. The van der Waals surface area contributed by atoms with Crippen LogP contribution in [0.1, 0.15) is 5.56 Å². The average molecular weight is 255 g/mol. The van der Waals surface area contributed by atoms with Crippen molar-refractivity contribution < 1.29 is 17.6 Å². The van der Waals surface area contributed by atoms with E-state index in [0.29, 0.717) is 0 Å². The van der Waals surface area contributed by atoms with Crippen LogP contribution in [0.25, 0.3) is 11.1 Å². The normalized spacial score (nSPS) is 11.6. The maximum atomic E-state index is 13.1. The minimum absolute atomic E-state index is 0.123. The van der Waals surface area contributed by atoms with E-state index in [9.17, 15) is 17.6 Å². The number of hydrogen-bond acceptors (Lipinski definition) is 1. The molecule has 0 aromatic heterocycles. The molecular weight excluding hydrogens is 246 g/mol. The number of alkyl halides is 3. The van der Waals surface area contributed by atoms with Gasteiger partial charge in [-0.2, -0.15) is 13.2 Å². The number of nitrogen functional groups attached to an aromatic ring is 1. The third-order valence-electron chi connectivity index (χ3n) is 2.48. The van der Waals surface area contributed by atoms with E-state index in [0.717, 1.165) is 12.1 Å². The summed E-state index contributed by atoms with van der Waals surface area (Å²) in [6.45, 7) is 0. The largest absolute Gasteiger partial charge is 0.417 e. The van der Waals surface area contributed by atoms with Crippen LogP contribution in [0.5, 0.6) is 0 Å². The Kier molecular flexibility index (Phi) is 2.98. The van der Waals surface area contributed by atoms with Crippen LogP contribution < -0.4 is 5.73 Å². The summed E-state index contributed by atoms with van der Waals surface area (Å²) in [5, 5.41) is 0. The van der Waals surface area contributed by atoms with Crippen molar-refractivity contribution in [3.05, 3.63) is 53.8 Å². The highest BCUT2D eigenvalue weighted by Gasteiger charge is 2.33. The maximum absolute atomic E-state index is 13.1. The van der Waals surface area contributed by atoms with Gasteiger partial charge >= 0.3 is 6.18 Å². The van der Waals surface area contributed by atoms with Gasteiger partial charge < -0.3 is 5.73 Å². The second-order valence-corrected chi connectivity index (χ2v) is 3.81. The Hall–Kier alpha value is -2.04. The van der Waals surface area contributed by atoms with Crippen LogP contribution in [-0.2, 0) is 6.18 Å². The Bertz CT molecular complexity index is 575. The molecule has 0 amide bonds. The number of benzene rings is 2. The van der Waals surface area contributed by atoms with Crippen molar-refractivity contribution in [2.24, 2.45) is 0 Å². The van der Waals surface area contributed by atoms with Crippen molar-refractivity contribution in [2.45, 2.75) is 6.18 Å². The predicted molar refractivity (Wildman–Crippen MR) is 61.3 cm³/mol. The molecule has 0 saturated heterocycles. The Labute approximate surface area is 101 Å². The topological polar surface area (TPSA) is 26.0 Å². The summed E-state index contributed by atoms with van der Waals surface area (Å²) in [6.07, 6.45) is -4.50. The SMILES string of the molecule is Nc1ccc(C(F)(F)F)c(-c2cccc(F)c2)c1. The number of halogens is 4. The molecule has 0 atom stereocenters. The van der Waals surface area contributed by atoms with Gasteiger partial charge in [-0.15, -0.1) is 0 Å². The second-order valence-electron chi connectivity index (χ2n) is 3.81. The summed E-state index contributed by atoms with van der Waals surface area (Å²) in [4.78, 5) is 0. The Balaban J connectivity index is 2.66. The quantitative estimate of drug-likeness (QED) is 0.602. The molecule has 0 heterocycles. The van der Waals surface area contributed by atoms with Gasteiger partial charge in [0.15, 0.2) is 0 Å². The standard InChI is InChI=1S/C13H9F4N/c14-9-3-1-2-8(6-9)11-7-10(18)4-5-12(11)13(15,16)17/h1-7H,18H2. The summed E-state index contributed by atoms with van der Waals surface area (Å²) in [6, 6.07) is 8.24. The molecule has 0 fully saturated rings. The van der Waals surface area contributed by atoms with Gasteiger partial charge in [0, 0.05) is 5.69 Å². The van der Waals surface area contributed by atoms with E-state index in [1.807, 2.05) is 0 Å². The molecule has 0 radical (unpaired) electrons. The second kappa shape index (κ2) is 4.33. The van der Waals surface area contributed by atoms with Crippen LogP contribution >= 0.6 is 0 Å². The van der Waals surface area contributed by atoms with E-state index in [4.69, 9.17) is 5.73 Å². The van der Waals surface area contributed by atoms with Gasteiger partial charge in [0.05, 0.1) is 5.56 Å². The molecule has 0 spiro atoms. The molecule has 2 N–H and O–H groups in total. The number of hydrogen-bond donors (Lipinski definition) is 1. The lowest BCUT2D eigenvalue weighted by atomic mass is 9.98. The summed E-state index contributed by atoms with van der Waals surface area (Å²) >= 11 is 0. The highest BCUT2D eigenvalue weighted by molar-refractivity contribution is 5.71. The van der Waals surface area contributed by atoms with Crippen LogP contribution in [0.4, 0.5) is 23.2 Å². The van der Waals surface area contributed by atoms with Crippen molar-refractivity contribution in [3.63, 3.8) is 0 Å². The average Bonchev–Trinajstić information content (AvgIpc) is 2.27. The van der Waals surface area contributed by atoms with Gasteiger partial charge in [-0.05, 0) is 41.5 Å². The molecule has 2 aromatic rings.